The lowest BCUT2D eigenvalue weighted by Gasteiger charge is -2.29. The van der Waals surface area contributed by atoms with Crippen molar-refractivity contribution in [3.05, 3.63) is 432 Å². The Hall–Kier alpha value is -15.7. The molecule has 25 rings (SSSR count). The van der Waals surface area contributed by atoms with Gasteiger partial charge in [-0.25, -0.2) is 9.97 Å². The zero-order valence-electron chi connectivity index (χ0n) is 72.3. The number of hydrogen-bond acceptors (Lipinski definition) is 7. The smallest absolute Gasteiger partial charge is 0.227 e. The van der Waals surface area contributed by atoms with Crippen LogP contribution in [0.5, 0.6) is 0 Å². The fourth-order valence-corrected chi connectivity index (χ4v) is 21.4. The molecule has 0 N–H and O–H groups in total. The van der Waals surface area contributed by atoms with Gasteiger partial charge >= 0.3 is 0 Å². The van der Waals surface area contributed by atoms with Gasteiger partial charge in [0, 0.05) is 51.3 Å². The van der Waals surface area contributed by atoms with Crippen molar-refractivity contribution in [3.63, 3.8) is 0 Å². The number of rotatable bonds is 14. The van der Waals surface area contributed by atoms with Crippen LogP contribution in [-0.2, 0) is 22.7 Å². The number of allylic oxidation sites excluding steroid dienone is 4. The average Bonchev–Trinajstić information content (AvgIpc) is 1.55. The highest BCUT2D eigenvalue weighted by Gasteiger charge is 2.47. The number of aromatic nitrogens is 2. The summed E-state index contributed by atoms with van der Waals surface area (Å²) >= 11 is 0. The van der Waals surface area contributed by atoms with Crippen molar-refractivity contribution in [3.8, 4) is 145 Å². The number of nitrogens with zero attached hydrogens (tertiary/aromatic N) is 4. The normalized spacial score (nSPS) is 15.6. The Morgan fingerprint density at radius 2 is 0.729 bits per heavy atom. The van der Waals surface area contributed by atoms with Crippen LogP contribution in [0.1, 0.15) is 97.5 Å². The maximum atomic E-state index is 6.43. The molecule has 1 aliphatic heterocycles. The van der Waals surface area contributed by atoms with Gasteiger partial charge in [0.1, 0.15) is 22.2 Å². The summed E-state index contributed by atoms with van der Waals surface area (Å²) in [6, 6.07) is 130. The van der Waals surface area contributed by atoms with E-state index < -0.39 is 0 Å². The van der Waals surface area contributed by atoms with Crippen LogP contribution in [0.3, 0.4) is 0 Å². The van der Waals surface area contributed by atoms with Crippen molar-refractivity contribution in [2.24, 2.45) is 15.9 Å². The SMILES string of the molecule is CC1(C)c2cc(-c3cccc(-c4cc(-c5ccc(C=Nc6cccc(-c7ccc8c(c7)N=C(c7ccc(-c9cc(-c%10ccc(-c%11nc%12ccccc%12o%11)cc%10)cc(-c%10cccc(-c%11ccc%12c(c%11)C(C)(C)c%11cc%13oc%14ccccc%14c%13cc%11-%12)c%10)c9)cc7)C8)c6)cc5)cc(-c5ccc(-c6nc7ccccc7o6)cc5)c4)c3)ccc2-c2cc3c(cc21)C1C=CC=CC1C3(C)C. The molecule has 4 heterocycles. The number of oxazole rings is 2. The van der Waals surface area contributed by atoms with E-state index in [0.717, 1.165) is 173 Å². The van der Waals surface area contributed by atoms with Gasteiger partial charge in [0.25, 0.3) is 0 Å². The van der Waals surface area contributed by atoms with Gasteiger partial charge in [-0.2, -0.15) is 0 Å². The predicted molar refractivity (Wildman–Crippen MR) is 531 cm³/mol. The maximum Gasteiger partial charge on any atom is 0.227 e. The quantitative estimate of drug-likeness (QED) is 0.101. The molecule has 0 bridgehead atoms. The molecule has 2 unspecified atom stereocenters. The van der Waals surface area contributed by atoms with Crippen LogP contribution >= 0.6 is 0 Å². The molecule has 0 saturated carbocycles. The molecule has 5 aliphatic rings. The third-order valence-electron chi connectivity index (χ3n) is 28.5. The van der Waals surface area contributed by atoms with Crippen LogP contribution in [0.25, 0.3) is 189 Å². The minimum absolute atomic E-state index is 0.0487. The minimum atomic E-state index is -0.228. The van der Waals surface area contributed by atoms with E-state index in [4.69, 9.17) is 33.2 Å². The van der Waals surface area contributed by atoms with Crippen LogP contribution in [0.15, 0.2) is 405 Å². The third-order valence-corrected chi connectivity index (χ3v) is 28.5. The zero-order chi connectivity index (χ0) is 86.1. The highest BCUT2D eigenvalue weighted by molar-refractivity contribution is 6.09. The number of fused-ring (bicyclic) bond motifs is 15. The van der Waals surface area contributed by atoms with Crippen LogP contribution in [0.4, 0.5) is 11.4 Å². The molecule has 7 nitrogen and oxygen atoms in total. The molecule has 0 saturated heterocycles. The maximum absolute atomic E-state index is 6.43. The Morgan fingerprint density at radius 3 is 1.29 bits per heavy atom. The molecule has 0 spiro atoms. The van der Waals surface area contributed by atoms with Crippen LogP contribution in [-0.4, -0.2) is 21.9 Å². The Balaban J connectivity index is 0.481. The Kier molecular flexibility index (Phi) is 17.2. The first kappa shape index (κ1) is 75.8. The number of hydrogen-bond donors (Lipinski definition) is 0. The van der Waals surface area contributed by atoms with Crippen molar-refractivity contribution in [1.29, 1.82) is 0 Å². The largest absolute Gasteiger partial charge is 0.456 e. The topological polar surface area (TPSA) is 89.9 Å². The first-order valence-electron chi connectivity index (χ1n) is 44.8. The third kappa shape index (κ3) is 12.8. The van der Waals surface area contributed by atoms with Gasteiger partial charge < -0.3 is 13.3 Å². The number of furan rings is 1. The van der Waals surface area contributed by atoms with E-state index in [0.29, 0.717) is 23.6 Å². The molecule has 0 fully saturated rings. The molecule has 7 heteroatoms. The second-order valence-corrected chi connectivity index (χ2v) is 37.3. The first-order valence-corrected chi connectivity index (χ1v) is 44.8. The fourth-order valence-electron chi connectivity index (χ4n) is 21.4. The van der Waals surface area contributed by atoms with Crippen LogP contribution in [0, 0.1) is 5.92 Å². The summed E-state index contributed by atoms with van der Waals surface area (Å²) in [6.07, 6.45) is 12.0. The summed E-state index contributed by atoms with van der Waals surface area (Å²) in [4.78, 5) is 20.1. The summed E-state index contributed by atoms with van der Waals surface area (Å²) in [5, 5.41) is 2.30. The second kappa shape index (κ2) is 29.2. The lowest BCUT2D eigenvalue weighted by molar-refractivity contribution is 0.394. The van der Waals surface area contributed by atoms with Gasteiger partial charge in [0.15, 0.2) is 11.2 Å². The van der Waals surface area contributed by atoms with E-state index in [1.54, 1.807) is 0 Å². The fraction of sp³-hybridized carbons (Fsp3) is 0.0984. The monoisotopic (exact) mass is 1650 g/mol. The highest BCUT2D eigenvalue weighted by atomic mass is 16.4. The van der Waals surface area contributed by atoms with Crippen LogP contribution < -0.4 is 0 Å². The lowest BCUT2D eigenvalue weighted by atomic mass is 9.74. The van der Waals surface area contributed by atoms with E-state index in [2.05, 4.69) is 369 Å². The Bertz CT molecular complexity index is 8150. The Morgan fingerprint density at radius 1 is 0.302 bits per heavy atom. The van der Waals surface area contributed by atoms with Gasteiger partial charge in [0.05, 0.1) is 17.1 Å². The predicted octanol–water partition coefficient (Wildman–Crippen LogP) is 32.4. The van der Waals surface area contributed by atoms with Gasteiger partial charge in [0.2, 0.25) is 11.8 Å². The number of para-hydroxylation sites is 5. The second-order valence-electron chi connectivity index (χ2n) is 37.3. The summed E-state index contributed by atoms with van der Waals surface area (Å²) < 4.78 is 18.9. The Labute approximate surface area is 749 Å². The average molecular weight is 1660 g/mol. The van der Waals surface area contributed by atoms with E-state index in [1.807, 2.05) is 60.8 Å². The molecular formula is C122H86N4O3. The first-order chi connectivity index (χ1) is 63.0. The number of aliphatic imine (C=N–C) groups is 2. The molecular weight excluding hydrogens is 1570 g/mol. The summed E-state index contributed by atoms with van der Waals surface area (Å²) in [7, 11) is 0. The molecule has 3 aromatic heterocycles. The molecule has 0 amide bonds. The molecule has 0 radical (unpaired) electrons. The minimum Gasteiger partial charge on any atom is -0.456 e. The number of benzene rings is 17. The van der Waals surface area contributed by atoms with Crippen molar-refractivity contribution in [2.45, 2.75) is 70.1 Å². The molecule has 20 aromatic rings. The van der Waals surface area contributed by atoms with Crippen LogP contribution in [0.2, 0.25) is 0 Å². The summed E-state index contributed by atoms with van der Waals surface area (Å²) in [5.74, 6) is 2.09. The summed E-state index contributed by atoms with van der Waals surface area (Å²) in [6.45, 7) is 14.4. The van der Waals surface area contributed by atoms with Crippen molar-refractivity contribution < 1.29 is 13.3 Å². The molecule has 129 heavy (non-hydrogen) atoms. The lowest BCUT2D eigenvalue weighted by Crippen LogP contribution is -2.24. The van der Waals surface area contributed by atoms with Gasteiger partial charge in [-0.3, -0.25) is 9.98 Å². The van der Waals surface area contributed by atoms with Gasteiger partial charge in [-0.1, -0.05) is 272 Å². The van der Waals surface area contributed by atoms with Gasteiger partial charge in [-0.05, 0) is 335 Å². The van der Waals surface area contributed by atoms with E-state index in [1.165, 1.54) is 77.9 Å². The van der Waals surface area contributed by atoms with Crippen molar-refractivity contribution >= 4 is 67.4 Å². The van der Waals surface area contributed by atoms with E-state index >= 15 is 0 Å². The molecule has 17 aromatic carbocycles. The van der Waals surface area contributed by atoms with E-state index in [-0.39, 0.29) is 16.2 Å². The molecule has 612 valence electrons. The molecule has 2 atom stereocenters. The summed E-state index contributed by atoms with van der Waals surface area (Å²) in [5.41, 5.74) is 46.9. The zero-order valence-corrected chi connectivity index (χ0v) is 72.3. The molecule has 4 aliphatic carbocycles. The van der Waals surface area contributed by atoms with Gasteiger partial charge in [-0.15, -0.1) is 0 Å². The van der Waals surface area contributed by atoms with Crippen molar-refractivity contribution in [2.75, 3.05) is 0 Å². The highest BCUT2D eigenvalue weighted by Crippen LogP contribution is 2.59. The van der Waals surface area contributed by atoms with E-state index in [9.17, 15) is 0 Å². The van der Waals surface area contributed by atoms with Crippen molar-refractivity contribution in [1.82, 2.24) is 9.97 Å². The standard InChI is InChI=1S/C122H86N4O3/c1-120(2)104-26-9-7-24-96(104)101-68-108-102(69-107(101)120)98-53-51-86(64-106(98)121(108,3)4)81-19-16-20-82(55-81)93-58-89(56-91(60-93)75-38-44-78(45-39-75)118-125-110-27-10-13-30-115(110)128-118)73-34-32-72(33-35-73)71-123-95-23-17-22-84(62-95)87-48-49-88-66-112(124-113(88)65-87)77-42-36-74(37-43-77)90-57-92(76-40-46-79(47-41-76)119-126-111-28-11-14-31-116(111)129-119)61-94(59-90)83-21-15-18-80(54-83)85-50-52-97-100-67-103-99-25-8-12-29-114(99)127-117(103)70-109(100)122(5,6)105(97)63-85/h7-65,67-71,96,104H,66H2,1-6H3.